The zero-order chi connectivity index (χ0) is 13.6. The predicted molar refractivity (Wildman–Crippen MR) is 74.9 cm³/mol. The normalized spacial score (nSPS) is 24.1. The van der Waals surface area contributed by atoms with E-state index >= 15 is 0 Å². The summed E-state index contributed by atoms with van der Waals surface area (Å²) >= 11 is 0. The molecule has 0 spiro atoms. The van der Waals surface area contributed by atoms with Gasteiger partial charge in [0.05, 0.1) is 5.75 Å². The largest absolute Gasteiger partial charge is 0.314 e. The van der Waals surface area contributed by atoms with Crippen molar-refractivity contribution in [3.63, 3.8) is 0 Å². The first kappa shape index (κ1) is 15.9. The molecule has 1 saturated heterocycles. The van der Waals surface area contributed by atoms with Crippen LogP contribution < -0.4 is 10.5 Å². The fourth-order valence-electron chi connectivity index (χ4n) is 2.50. The van der Waals surface area contributed by atoms with E-state index in [1.165, 1.54) is 6.42 Å². The molecule has 0 aromatic carbocycles. The van der Waals surface area contributed by atoms with Gasteiger partial charge in [0, 0.05) is 19.1 Å². The van der Waals surface area contributed by atoms with Gasteiger partial charge in [-0.2, -0.15) is 0 Å². The second-order valence-electron chi connectivity index (χ2n) is 5.31. The first-order chi connectivity index (χ1) is 8.42. The van der Waals surface area contributed by atoms with Crippen LogP contribution in [0.2, 0.25) is 0 Å². The Bertz CT molecular complexity index is 332. The number of primary sulfonamides is 1. The van der Waals surface area contributed by atoms with Gasteiger partial charge in [-0.15, -0.1) is 0 Å². The van der Waals surface area contributed by atoms with Gasteiger partial charge >= 0.3 is 0 Å². The highest BCUT2D eigenvalue weighted by Crippen LogP contribution is 2.19. The molecular formula is C12H27N3O2S. The van der Waals surface area contributed by atoms with E-state index in [9.17, 15) is 8.42 Å². The summed E-state index contributed by atoms with van der Waals surface area (Å²) in [5, 5.41) is 8.57. The number of nitrogens with one attached hydrogen (secondary N) is 1. The summed E-state index contributed by atoms with van der Waals surface area (Å²) < 4.78 is 21.9. The summed E-state index contributed by atoms with van der Waals surface area (Å²) in [7, 11) is -3.33. The molecule has 3 N–H and O–H groups in total. The van der Waals surface area contributed by atoms with Crippen LogP contribution in [0.5, 0.6) is 0 Å². The SMILES string of the molecule is CCCNC(C)C1CCCN(CCS(N)(=O)=O)C1. The molecule has 0 bridgehead atoms. The lowest BCUT2D eigenvalue weighted by Gasteiger charge is -2.36. The molecule has 2 atom stereocenters. The summed E-state index contributed by atoms with van der Waals surface area (Å²) in [6.07, 6.45) is 3.52. The van der Waals surface area contributed by atoms with E-state index in [1.54, 1.807) is 0 Å². The third-order valence-corrected chi connectivity index (χ3v) is 4.41. The summed E-state index contributed by atoms with van der Waals surface area (Å²) in [5.74, 6) is 0.682. The van der Waals surface area contributed by atoms with Crippen LogP contribution in [0, 0.1) is 5.92 Å². The fourth-order valence-corrected chi connectivity index (χ4v) is 3.01. The zero-order valence-electron chi connectivity index (χ0n) is 11.6. The number of hydrogen-bond donors (Lipinski definition) is 2. The smallest absolute Gasteiger partial charge is 0.210 e. The number of hydrogen-bond acceptors (Lipinski definition) is 4. The van der Waals surface area contributed by atoms with Crippen LogP contribution in [0.4, 0.5) is 0 Å². The Hall–Kier alpha value is -0.170. The lowest BCUT2D eigenvalue weighted by molar-refractivity contribution is 0.158. The molecule has 0 amide bonds. The summed E-state index contributed by atoms with van der Waals surface area (Å²) in [5.41, 5.74) is 0. The van der Waals surface area contributed by atoms with Crippen molar-refractivity contribution in [2.45, 2.75) is 39.2 Å². The predicted octanol–water partition coefficient (Wildman–Crippen LogP) is 0.375. The second-order valence-corrected chi connectivity index (χ2v) is 7.05. The Balaban J connectivity index is 2.36. The van der Waals surface area contributed by atoms with Gasteiger partial charge in [-0.25, -0.2) is 13.6 Å². The minimum atomic E-state index is -3.33. The van der Waals surface area contributed by atoms with Crippen molar-refractivity contribution in [2.75, 3.05) is 31.9 Å². The van der Waals surface area contributed by atoms with Crippen LogP contribution in [0.3, 0.4) is 0 Å². The van der Waals surface area contributed by atoms with Gasteiger partial charge in [0.15, 0.2) is 0 Å². The molecule has 1 rings (SSSR count). The monoisotopic (exact) mass is 277 g/mol. The van der Waals surface area contributed by atoms with E-state index in [2.05, 4.69) is 24.1 Å². The molecule has 1 fully saturated rings. The number of rotatable bonds is 7. The molecule has 6 heteroatoms. The van der Waals surface area contributed by atoms with Gasteiger partial charge in [0.2, 0.25) is 10.0 Å². The number of nitrogens with zero attached hydrogens (tertiary/aromatic N) is 1. The van der Waals surface area contributed by atoms with Gasteiger partial charge in [0.1, 0.15) is 0 Å². The van der Waals surface area contributed by atoms with E-state index in [1.807, 2.05) is 0 Å². The summed E-state index contributed by atoms with van der Waals surface area (Å²) in [6.45, 7) is 7.98. The first-order valence-electron chi connectivity index (χ1n) is 6.88. The maximum atomic E-state index is 11.0. The maximum absolute atomic E-state index is 11.0. The van der Waals surface area contributed by atoms with Gasteiger partial charge in [-0.05, 0) is 45.2 Å². The number of likely N-dealkylation sites (tertiary alicyclic amines) is 1. The molecule has 0 saturated carbocycles. The van der Waals surface area contributed by atoms with Crippen molar-refractivity contribution < 1.29 is 8.42 Å². The molecule has 1 aliphatic rings. The Morgan fingerprint density at radius 2 is 2.22 bits per heavy atom. The molecule has 108 valence electrons. The van der Waals surface area contributed by atoms with E-state index < -0.39 is 10.0 Å². The average molecular weight is 277 g/mol. The molecular weight excluding hydrogens is 250 g/mol. The summed E-state index contributed by atoms with van der Waals surface area (Å²) in [4.78, 5) is 2.22. The standard InChI is InChI=1S/C12H27N3O2S/c1-3-6-14-11(2)12-5-4-7-15(10-12)8-9-18(13,16)17/h11-12,14H,3-10H2,1-2H3,(H2,13,16,17). The van der Waals surface area contributed by atoms with E-state index in [4.69, 9.17) is 5.14 Å². The third kappa shape index (κ3) is 6.13. The minimum Gasteiger partial charge on any atom is -0.314 e. The Morgan fingerprint density at radius 3 is 2.83 bits per heavy atom. The summed E-state index contributed by atoms with van der Waals surface area (Å²) in [6, 6.07) is 0.502. The average Bonchev–Trinajstić information content (AvgIpc) is 2.33. The number of sulfonamides is 1. The molecule has 0 radical (unpaired) electrons. The van der Waals surface area contributed by atoms with Crippen molar-refractivity contribution in [3.8, 4) is 0 Å². The van der Waals surface area contributed by atoms with Crippen molar-refractivity contribution >= 4 is 10.0 Å². The molecule has 1 aliphatic heterocycles. The van der Waals surface area contributed by atoms with Crippen LogP contribution in [-0.2, 0) is 10.0 Å². The highest BCUT2D eigenvalue weighted by Gasteiger charge is 2.24. The van der Waals surface area contributed by atoms with Gasteiger partial charge in [-0.1, -0.05) is 6.92 Å². The lowest BCUT2D eigenvalue weighted by atomic mass is 9.91. The van der Waals surface area contributed by atoms with Gasteiger partial charge in [-0.3, -0.25) is 0 Å². The fraction of sp³-hybridized carbons (Fsp3) is 1.00. The molecule has 1 heterocycles. The third-order valence-electron chi connectivity index (χ3n) is 3.66. The van der Waals surface area contributed by atoms with E-state index in [0.717, 1.165) is 32.5 Å². The lowest BCUT2D eigenvalue weighted by Crippen LogP contribution is -2.46. The first-order valence-corrected chi connectivity index (χ1v) is 8.60. The van der Waals surface area contributed by atoms with Gasteiger partial charge in [0.25, 0.3) is 0 Å². The minimum absolute atomic E-state index is 0.0660. The van der Waals surface area contributed by atoms with Crippen molar-refractivity contribution in [3.05, 3.63) is 0 Å². The van der Waals surface area contributed by atoms with Crippen LogP contribution in [0.25, 0.3) is 0 Å². The highest BCUT2D eigenvalue weighted by molar-refractivity contribution is 7.89. The highest BCUT2D eigenvalue weighted by atomic mass is 32.2. The second kappa shape index (κ2) is 7.43. The maximum Gasteiger partial charge on any atom is 0.210 e. The van der Waals surface area contributed by atoms with Crippen molar-refractivity contribution in [1.82, 2.24) is 10.2 Å². The molecule has 0 aromatic heterocycles. The molecule has 2 unspecified atom stereocenters. The van der Waals surface area contributed by atoms with Crippen LogP contribution in [0.1, 0.15) is 33.1 Å². The number of nitrogens with two attached hydrogens (primary N) is 1. The van der Waals surface area contributed by atoms with E-state index in [-0.39, 0.29) is 5.75 Å². The number of piperidine rings is 1. The Kier molecular flexibility index (Phi) is 6.55. The van der Waals surface area contributed by atoms with Crippen LogP contribution >= 0.6 is 0 Å². The molecule has 0 aromatic rings. The Labute approximate surface area is 111 Å². The Morgan fingerprint density at radius 1 is 1.50 bits per heavy atom. The van der Waals surface area contributed by atoms with Crippen LogP contribution in [0.15, 0.2) is 0 Å². The quantitative estimate of drug-likeness (QED) is 0.705. The molecule has 5 nitrogen and oxygen atoms in total. The van der Waals surface area contributed by atoms with Crippen molar-refractivity contribution in [2.24, 2.45) is 11.1 Å². The molecule has 0 aliphatic carbocycles. The van der Waals surface area contributed by atoms with Crippen LogP contribution in [-0.4, -0.2) is 51.3 Å². The van der Waals surface area contributed by atoms with Gasteiger partial charge < -0.3 is 10.2 Å². The van der Waals surface area contributed by atoms with Crippen molar-refractivity contribution in [1.29, 1.82) is 0 Å². The topological polar surface area (TPSA) is 75.4 Å². The molecule has 18 heavy (non-hydrogen) atoms. The zero-order valence-corrected chi connectivity index (χ0v) is 12.4. The van der Waals surface area contributed by atoms with E-state index in [0.29, 0.717) is 18.5 Å².